The molecule has 0 fully saturated rings. The lowest BCUT2D eigenvalue weighted by atomic mass is 10.2. The van der Waals surface area contributed by atoms with Crippen LogP contribution in [-0.4, -0.2) is 31.1 Å². The summed E-state index contributed by atoms with van der Waals surface area (Å²) >= 11 is 8.82. The summed E-state index contributed by atoms with van der Waals surface area (Å²) in [6, 6.07) is 22.8. The van der Waals surface area contributed by atoms with E-state index in [-0.39, 0.29) is 4.90 Å². The molecule has 4 aromatic rings. The molecule has 1 heterocycles. The van der Waals surface area contributed by atoms with Crippen molar-refractivity contribution in [2.75, 3.05) is 16.2 Å². The van der Waals surface area contributed by atoms with Gasteiger partial charge in [0.15, 0.2) is 4.34 Å². The number of carbonyl (C=O) groups excluding carboxylic acids is 1. The molecule has 1 amide bonds. The summed E-state index contributed by atoms with van der Waals surface area (Å²) in [6.45, 7) is 1.30. The first-order valence-corrected chi connectivity index (χ1v) is 14.1. The summed E-state index contributed by atoms with van der Waals surface area (Å²) in [5.41, 5.74) is 2.14. The molecule has 0 unspecified atom stereocenters. The molecule has 0 aliphatic heterocycles. The van der Waals surface area contributed by atoms with Crippen molar-refractivity contribution < 1.29 is 13.2 Å². The molecule has 35 heavy (non-hydrogen) atoms. The summed E-state index contributed by atoms with van der Waals surface area (Å²) < 4.78 is 28.7. The quantitative estimate of drug-likeness (QED) is 0.217. The fourth-order valence-electron chi connectivity index (χ4n) is 3.25. The molecular formula is C24H21ClN4O3S3. The van der Waals surface area contributed by atoms with Crippen LogP contribution in [0.2, 0.25) is 5.02 Å². The van der Waals surface area contributed by atoms with Crippen molar-refractivity contribution in [2.24, 2.45) is 0 Å². The number of carbonyl (C=O) groups is 1. The van der Waals surface area contributed by atoms with Crippen LogP contribution in [0, 0.1) is 6.92 Å². The van der Waals surface area contributed by atoms with Crippen molar-refractivity contribution >= 4 is 61.4 Å². The maximum Gasteiger partial charge on any atom is 0.264 e. The monoisotopic (exact) mass is 544 g/mol. The summed E-state index contributed by atoms with van der Waals surface area (Å²) in [5.74, 6) is 0.192. The summed E-state index contributed by atoms with van der Waals surface area (Å²) in [6.07, 6.45) is 0. The number of halogens is 1. The maximum atomic E-state index is 13.5. The Labute approximate surface area is 217 Å². The van der Waals surface area contributed by atoms with Crippen LogP contribution in [-0.2, 0) is 20.6 Å². The lowest BCUT2D eigenvalue weighted by molar-refractivity contribution is -0.114. The average molecular weight is 545 g/mol. The number of rotatable bonds is 9. The van der Waals surface area contributed by atoms with Crippen LogP contribution in [0.5, 0.6) is 0 Å². The summed E-state index contributed by atoms with van der Waals surface area (Å²) in [5, 5.41) is 11.6. The third kappa shape index (κ3) is 6.40. The number of nitrogens with zero attached hydrogens (tertiary/aromatic N) is 3. The van der Waals surface area contributed by atoms with Gasteiger partial charge in [-0.25, -0.2) is 8.42 Å². The lowest BCUT2D eigenvalue weighted by Crippen LogP contribution is -2.38. The number of hydrogen-bond acceptors (Lipinski definition) is 7. The molecule has 1 N–H and O–H groups in total. The van der Waals surface area contributed by atoms with E-state index >= 15 is 0 Å². The number of benzene rings is 3. The highest BCUT2D eigenvalue weighted by Gasteiger charge is 2.28. The van der Waals surface area contributed by atoms with Crippen LogP contribution in [0.4, 0.5) is 10.8 Å². The highest BCUT2D eigenvalue weighted by molar-refractivity contribution is 8.00. The largest absolute Gasteiger partial charge is 0.299 e. The second kappa shape index (κ2) is 11.2. The van der Waals surface area contributed by atoms with E-state index in [1.807, 2.05) is 30.3 Å². The Balaban J connectivity index is 1.51. The second-order valence-corrected chi connectivity index (χ2v) is 11.9. The van der Waals surface area contributed by atoms with Crippen LogP contribution in [0.1, 0.15) is 11.1 Å². The predicted octanol–water partition coefficient (Wildman–Crippen LogP) is 5.63. The SMILES string of the molecule is Cc1cc(Cl)ccc1N(CC(=O)Nc1nnc(SCc2ccccc2)s1)S(=O)(=O)c1ccccc1. The van der Waals surface area contributed by atoms with Gasteiger partial charge in [0, 0.05) is 10.8 Å². The number of amides is 1. The van der Waals surface area contributed by atoms with Crippen molar-refractivity contribution in [3.63, 3.8) is 0 Å². The summed E-state index contributed by atoms with van der Waals surface area (Å²) in [4.78, 5) is 13.0. The fraction of sp³-hybridized carbons (Fsp3) is 0.125. The van der Waals surface area contributed by atoms with Gasteiger partial charge in [0.05, 0.1) is 10.6 Å². The minimum absolute atomic E-state index is 0.0812. The van der Waals surface area contributed by atoms with Gasteiger partial charge in [0.2, 0.25) is 11.0 Å². The van der Waals surface area contributed by atoms with Gasteiger partial charge in [0.1, 0.15) is 6.54 Å². The molecular weight excluding hydrogens is 524 g/mol. The highest BCUT2D eigenvalue weighted by Crippen LogP contribution is 2.30. The predicted molar refractivity (Wildman–Crippen MR) is 142 cm³/mol. The van der Waals surface area contributed by atoms with Gasteiger partial charge in [-0.3, -0.25) is 14.4 Å². The molecule has 0 aliphatic carbocycles. The number of sulfonamides is 1. The van der Waals surface area contributed by atoms with Gasteiger partial charge < -0.3 is 0 Å². The molecule has 4 rings (SSSR count). The van der Waals surface area contributed by atoms with E-state index in [1.165, 1.54) is 35.2 Å². The molecule has 0 atom stereocenters. The second-order valence-electron chi connectivity index (χ2n) is 7.45. The van der Waals surface area contributed by atoms with Crippen LogP contribution >= 0.6 is 34.7 Å². The first kappa shape index (κ1) is 25.2. The van der Waals surface area contributed by atoms with E-state index in [4.69, 9.17) is 11.6 Å². The number of nitrogens with one attached hydrogen (secondary N) is 1. The van der Waals surface area contributed by atoms with E-state index in [0.29, 0.717) is 25.7 Å². The molecule has 11 heteroatoms. The zero-order chi connectivity index (χ0) is 24.8. The standard InChI is InChI=1S/C24H21ClN4O3S3/c1-17-14-19(25)12-13-21(17)29(35(31,32)20-10-6-3-7-11-20)15-22(30)26-23-27-28-24(34-23)33-16-18-8-4-2-5-9-18/h2-14H,15-16H2,1H3,(H,26,27,30). The van der Waals surface area contributed by atoms with Crippen molar-refractivity contribution in [3.8, 4) is 0 Å². The molecule has 0 bridgehead atoms. The van der Waals surface area contributed by atoms with Gasteiger partial charge in [-0.15, -0.1) is 10.2 Å². The topological polar surface area (TPSA) is 92.3 Å². The Morgan fingerprint density at radius 2 is 1.71 bits per heavy atom. The van der Waals surface area contributed by atoms with E-state index in [2.05, 4.69) is 15.5 Å². The van der Waals surface area contributed by atoms with Gasteiger partial charge in [-0.2, -0.15) is 0 Å². The van der Waals surface area contributed by atoms with Gasteiger partial charge in [0.25, 0.3) is 10.0 Å². The lowest BCUT2D eigenvalue weighted by Gasteiger charge is -2.25. The minimum Gasteiger partial charge on any atom is -0.299 e. The summed E-state index contributed by atoms with van der Waals surface area (Å²) in [7, 11) is -4.02. The zero-order valence-corrected chi connectivity index (χ0v) is 21.8. The van der Waals surface area contributed by atoms with Crippen molar-refractivity contribution in [1.29, 1.82) is 0 Å². The number of aryl methyl sites for hydroxylation is 1. The number of thioether (sulfide) groups is 1. The maximum absolute atomic E-state index is 13.5. The smallest absolute Gasteiger partial charge is 0.264 e. The van der Waals surface area contributed by atoms with Crippen LogP contribution in [0.15, 0.2) is 88.1 Å². The first-order chi connectivity index (χ1) is 16.8. The molecule has 0 aliphatic rings. The number of aromatic nitrogens is 2. The molecule has 0 radical (unpaired) electrons. The Morgan fingerprint density at radius 1 is 1.03 bits per heavy atom. The van der Waals surface area contributed by atoms with E-state index < -0.39 is 22.5 Å². The molecule has 0 saturated carbocycles. The Kier molecular flexibility index (Phi) is 8.07. The molecule has 0 saturated heterocycles. The van der Waals surface area contributed by atoms with Crippen molar-refractivity contribution in [2.45, 2.75) is 21.9 Å². The number of anilines is 2. The van der Waals surface area contributed by atoms with E-state index in [1.54, 1.807) is 43.3 Å². The van der Waals surface area contributed by atoms with E-state index in [9.17, 15) is 13.2 Å². The molecule has 3 aromatic carbocycles. The fourth-order valence-corrected chi connectivity index (χ4v) is 6.70. The van der Waals surface area contributed by atoms with Gasteiger partial charge in [-0.05, 0) is 48.4 Å². The molecule has 0 spiro atoms. The van der Waals surface area contributed by atoms with Gasteiger partial charge >= 0.3 is 0 Å². The molecule has 180 valence electrons. The zero-order valence-electron chi connectivity index (χ0n) is 18.6. The van der Waals surface area contributed by atoms with Crippen molar-refractivity contribution in [1.82, 2.24) is 10.2 Å². The number of hydrogen-bond donors (Lipinski definition) is 1. The Hall–Kier alpha value is -2.92. The van der Waals surface area contributed by atoms with Crippen LogP contribution in [0.25, 0.3) is 0 Å². The van der Waals surface area contributed by atoms with Crippen molar-refractivity contribution in [3.05, 3.63) is 95.0 Å². The minimum atomic E-state index is -4.02. The molecule has 7 nitrogen and oxygen atoms in total. The third-order valence-corrected chi connectivity index (χ3v) is 8.96. The van der Waals surface area contributed by atoms with E-state index in [0.717, 1.165) is 15.6 Å². The van der Waals surface area contributed by atoms with Crippen LogP contribution in [0.3, 0.4) is 0 Å². The highest BCUT2D eigenvalue weighted by atomic mass is 35.5. The Morgan fingerprint density at radius 3 is 2.40 bits per heavy atom. The third-order valence-electron chi connectivity index (χ3n) is 4.90. The van der Waals surface area contributed by atoms with Crippen LogP contribution < -0.4 is 9.62 Å². The molecule has 1 aromatic heterocycles. The average Bonchev–Trinajstić information content (AvgIpc) is 3.30. The normalized spacial score (nSPS) is 11.3. The Bertz CT molecular complexity index is 1410. The van der Waals surface area contributed by atoms with Gasteiger partial charge in [-0.1, -0.05) is 83.2 Å². The first-order valence-electron chi connectivity index (χ1n) is 10.5.